The Morgan fingerprint density at radius 1 is 1.21 bits per heavy atom. The highest BCUT2D eigenvalue weighted by Crippen LogP contribution is 2.31. The van der Waals surface area contributed by atoms with Gasteiger partial charge < -0.3 is 4.90 Å². The molecule has 1 aliphatic heterocycles. The van der Waals surface area contributed by atoms with E-state index < -0.39 is 15.8 Å². The number of nitrogens with zero attached hydrogens (tertiary/aromatic N) is 2. The molecule has 0 bridgehead atoms. The van der Waals surface area contributed by atoms with E-state index in [0.717, 1.165) is 32.4 Å². The number of benzene rings is 1. The number of anilines is 2. The zero-order valence-electron chi connectivity index (χ0n) is 13.8. The Hall–Kier alpha value is -2.09. The number of rotatable bonds is 4. The Morgan fingerprint density at radius 3 is 2.54 bits per heavy atom. The molecule has 130 valence electrons. The summed E-state index contributed by atoms with van der Waals surface area (Å²) in [4.78, 5) is 2.20. The lowest BCUT2D eigenvalue weighted by molar-refractivity contribution is 0.577. The summed E-state index contributed by atoms with van der Waals surface area (Å²) in [5, 5.41) is 6.59. The number of hydrogen-bond donors (Lipinski definition) is 2. The molecule has 1 aromatic heterocycles. The molecule has 2 aromatic rings. The van der Waals surface area contributed by atoms with Crippen molar-refractivity contribution in [2.24, 2.45) is 0 Å². The van der Waals surface area contributed by atoms with Gasteiger partial charge in [-0.3, -0.25) is 9.82 Å². The molecule has 1 aromatic carbocycles. The van der Waals surface area contributed by atoms with Gasteiger partial charge in [0.15, 0.2) is 0 Å². The van der Waals surface area contributed by atoms with Crippen LogP contribution in [0.4, 0.5) is 15.8 Å². The van der Waals surface area contributed by atoms with E-state index in [-0.39, 0.29) is 10.6 Å². The van der Waals surface area contributed by atoms with Crippen LogP contribution < -0.4 is 9.62 Å². The fourth-order valence-corrected chi connectivity index (χ4v) is 4.57. The topological polar surface area (TPSA) is 78.1 Å². The van der Waals surface area contributed by atoms with E-state index in [4.69, 9.17) is 0 Å². The van der Waals surface area contributed by atoms with E-state index in [0.29, 0.717) is 17.1 Å². The quantitative estimate of drug-likeness (QED) is 0.887. The van der Waals surface area contributed by atoms with Crippen molar-refractivity contribution in [3.63, 3.8) is 0 Å². The molecular weight excluding hydrogens is 331 g/mol. The molecule has 0 radical (unpaired) electrons. The summed E-state index contributed by atoms with van der Waals surface area (Å²) in [6, 6.07) is 4.22. The zero-order chi connectivity index (χ0) is 17.3. The Labute approximate surface area is 141 Å². The maximum Gasteiger partial charge on any atom is 0.265 e. The normalized spacial score (nSPS) is 15.5. The predicted molar refractivity (Wildman–Crippen MR) is 91.3 cm³/mol. The number of aryl methyl sites for hydroxylation is 2. The molecule has 3 rings (SSSR count). The van der Waals surface area contributed by atoms with Crippen LogP contribution in [-0.2, 0) is 10.0 Å². The lowest BCUT2D eigenvalue weighted by Gasteiger charge is -2.30. The highest BCUT2D eigenvalue weighted by Gasteiger charge is 2.25. The number of hydrogen-bond acceptors (Lipinski definition) is 4. The first-order chi connectivity index (χ1) is 11.4. The minimum atomic E-state index is -3.85. The van der Waals surface area contributed by atoms with Crippen LogP contribution in [0.2, 0.25) is 0 Å². The number of H-pyrrole nitrogens is 1. The molecule has 0 spiro atoms. The minimum absolute atomic E-state index is 0.108. The third-order valence-electron chi connectivity index (χ3n) is 4.23. The van der Waals surface area contributed by atoms with Gasteiger partial charge in [0.2, 0.25) is 0 Å². The van der Waals surface area contributed by atoms with Crippen molar-refractivity contribution in [3.05, 3.63) is 35.4 Å². The molecule has 1 fully saturated rings. The van der Waals surface area contributed by atoms with Crippen molar-refractivity contribution in [2.75, 3.05) is 22.7 Å². The fraction of sp³-hybridized carbons (Fsp3) is 0.438. The summed E-state index contributed by atoms with van der Waals surface area (Å²) in [5.41, 5.74) is 1.81. The zero-order valence-corrected chi connectivity index (χ0v) is 14.6. The lowest BCUT2D eigenvalue weighted by Crippen LogP contribution is -2.30. The van der Waals surface area contributed by atoms with Gasteiger partial charge >= 0.3 is 0 Å². The molecule has 2 heterocycles. The Kier molecular flexibility index (Phi) is 4.49. The Balaban J connectivity index is 1.98. The van der Waals surface area contributed by atoms with E-state index >= 15 is 0 Å². The number of halogens is 1. The monoisotopic (exact) mass is 352 g/mol. The van der Waals surface area contributed by atoms with E-state index in [2.05, 4.69) is 19.8 Å². The summed E-state index contributed by atoms with van der Waals surface area (Å²) in [6.45, 7) is 4.94. The summed E-state index contributed by atoms with van der Waals surface area (Å²) >= 11 is 0. The number of aromatic amines is 1. The fourth-order valence-electron chi connectivity index (χ4n) is 3.13. The molecular formula is C16H21FN4O2S. The van der Waals surface area contributed by atoms with Crippen LogP contribution in [0.5, 0.6) is 0 Å². The third-order valence-corrected chi connectivity index (χ3v) is 5.86. The lowest BCUT2D eigenvalue weighted by atomic mass is 10.1. The highest BCUT2D eigenvalue weighted by molar-refractivity contribution is 7.92. The minimum Gasteiger partial charge on any atom is -0.370 e. The molecule has 0 aliphatic carbocycles. The van der Waals surface area contributed by atoms with E-state index in [9.17, 15) is 12.8 Å². The molecule has 6 nitrogen and oxygen atoms in total. The van der Waals surface area contributed by atoms with Crippen molar-refractivity contribution in [2.45, 2.75) is 38.0 Å². The van der Waals surface area contributed by atoms with Crippen LogP contribution in [-0.4, -0.2) is 31.7 Å². The highest BCUT2D eigenvalue weighted by atomic mass is 32.2. The van der Waals surface area contributed by atoms with Crippen molar-refractivity contribution < 1.29 is 12.8 Å². The van der Waals surface area contributed by atoms with Crippen LogP contribution in [0.15, 0.2) is 23.1 Å². The molecule has 2 N–H and O–H groups in total. The van der Waals surface area contributed by atoms with Crippen LogP contribution >= 0.6 is 0 Å². The molecule has 0 amide bonds. The molecule has 0 atom stereocenters. The van der Waals surface area contributed by atoms with E-state index in [1.807, 2.05) is 0 Å². The first-order valence-electron chi connectivity index (χ1n) is 7.97. The van der Waals surface area contributed by atoms with Crippen molar-refractivity contribution >= 4 is 21.4 Å². The van der Waals surface area contributed by atoms with Gasteiger partial charge in [0.1, 0.15) is 10.7 Å². The van der Waals surface area contributed by atoms with Gasteiger partial charge in [0.05, 0.1) is 22.8 Å². The van der Waals surface area contributed by atoms with Crippen molar-refractivity contribution in [3.8, 4) is 0 Å². The van der Waals surface area contributed by atoms with E-state index in [1.165, 1.54) is 12.1 Å². The van der Waals surface area contributed by atoms with Gasteiger partial charge in [-0.05, 0) is 45.2 Å². The Bertz CT molecular complexity index is 822. The molecule has 1 aliphatic rings. The van der Waals surface area contributed by atoms with Gasteiger partial charge in [-0.25, -0.2) is 12.8 Å². The van der Waals surface area contributed by atoms with Gasteiger partial charge in [-0.15, -0.1) is 0 Å². The number of aromatic nitrogens is 2. The molecule has 1 saturated heterocycles. The first-order valence-corrected chi connectivity index (χ1v) is 9.46. The third kappa shape index (κ3) is 3.24. The van der Waals surface area contributed by atoms with Gasteiger partial charge in [0, 0.05) is 19.2 Å². The first kappa shape index (κ1) is 16.8. The molecule has 0 unspecified atom stereocenters. The SMILES string of the molecule is Cc1n[nH]c(C)c1S(=O)(=O)Nc1cc(F)ccc1N1CCCCC1. The standard InChI is InChI=1S/C16H21FN4O2S/c1-11-16(12(2)19-18-11)24(22,23)20-14-10-13(17)6-7-15(14)21-8-4-3-5-9-21/h6-7,10,20H,3-5,8-9H2,1-2H3,(H,18,19). The number of nitrogens with one attached hydrogen (secondary N) is 2. The smallest absolute Gasteiger partial charge is 0.265 e. The second-order valence-electron chi connectivity index (χ2n) is 6.08. The summed E-state index contributed by atoms with van der Waals surface area (Å²) in [5.74, 6) is -0.478. The van der Waals surface area contributed by atoms with Gasteiger partial charge in [-0.2, -0.15) is 5.10 Å². The van der Waals surface area contributed by atoms with Gasteiger partial charge in [0.25, 0.3) is 10.0 Å². The van der Waals surface area contributed by atoms with Gasteiger partial charge in [-0.1, -0.05) is 0 Å². The Morgan fingerprint density at radius 2 is 1.92 bits per heavy atom. The summed E-state index contributed by atoms with van der Waals surface area (Å²) in [6.07, 6.45) is 3.25. The molecule has 24 heavy (non-hydrogen) atoms. The number of piperidine rings is 1. The predicted octanol–water partition coefficient (Wildman–Crippen LogP) is 2.96. The maximum absolute atomic E-state index is 13.7. The van der Waals surface area contributed by atoms with Crippen LogP contribution in [0.1, 0.15) is 30.7 Å². The largest absolute Gasteiger partial charge is 0.370 e. The van der Waals surface area contributed by atoms with Crippen LogP contribution in [0, 0.1) is 19.7 Å². The van der Waals surface area contributed by atoms with Crippen molar-refractivity contribution in [1.29, 1.82) is 0 Å². The number of sulfonamides is 1. The van der Waals surface area contributed by atoms with E-state index in [1.54, 1.807) is 19.9 Å². The molecule has 8 heteroatoms. The summed E-state index contributed by atoms with van der Waals surface area (Å²) < 4.78 is 41.7. The average molecular weight is 352 g/mol. The van der Waals surface area contributed by atoms with Crippen molar-refractivity contribution in [1.82, 2.24) is 10.2 Å². The summed E-state index contributed by atoms with van der Waals surface area (Å²) in [7, 11) is -3.85. The second kappa shape index (κ2) is 6.43. The van der Waals surface area contributed by atoms with Crippen LogP contribution in [0.25, 0.3) is 0 Å². The maximum atomic E-state index is 13.7. The molecule has 0 saturated carbocycles. The average Bonchev–Trinajstić information content (AvgIpc) is 2.87. The van der Waals surface area contributed by atoms with Crippen LogP contribution in [0.3, 0.4) is 0 Å². The second-order valence-corrected chi connectivity index (χ2v) is 7.70.